The zero-order valence-electron chi connectivity index (χ0n) is 9.99. The maximum atomic E-state index is 12.4. The van der Waals surface area contributed by atoms with Gasteiger partial charge in [0.05, 0.1) is 5.41 Å². The lowest BCUT2D eigenvalue weighted by Crippen LogP contribution is -2.29. The number of hydrogen-bond acceptors (Lipinski definition) is 1. The van der Waals surface area contributed by atoms with Crippen LogP contribution in [0.5, 0.6) is 0 Å². The highest BCUT2D eigenvalue weighted by atomic mass is 16.1. The molecule has 0 radical (unpaired) electrons. The molecule has 0 fully saturated rings. The molecule has 1 aliphatic rings. The Morgan fingerprint density at radius 3 is 2.44 bits per heavy atom. The fourth-order valence-corrected chi connectivity index (χ4v) is 2.26. The number of rotatable bonds is 3. The molecule has 0 atom stereocenters. The van der Waals surface area contributed by atoms with Crippen molar-refractivity contribution in [3.05, 3.63) is 47.5 Å². The van der Waals surface area contributed by atoms with Crippen molar-refractivity contribution in [1.29, 1.82) is 0 Å². The van der Waals surface area contributed by atoms with Gasteiger partial charge in [0.25, 0.3) is 0 Å². The van der Waals surface area contributed by atoms with E-state index in [9.17, 15) is 4.79 Å². The van der Waals surface area contributed by atoms with E-state index >= 15 is 0 Å². The third kappa shape index (κ3) is 1.95. The van der Waals surface area contributed by atoms with E-state index in [1.807, 2.05) is 44.2 Å². The average Bonchev–Trinajstić information content (AvgIpc) is 2.82. The summed E-state index contributed by atoms with van der Waals surface area (Å²) in [5.41, 5.74) is 1.74. The lowest BCUT2D eigenvalue weighted by Gasteiger charge is -2.24. The minimum Gasteiger partial charge on any atom is -0.294 e. The quantitative estimate of drug-likeness (QED) is 0.750. The van der Waals surface area contributed by atoms with Crippen molar-refractivity contribution >= 4 is 5.78 Å². The Morgan fingerprint density at radius 1 is 1.19 bits per heavy atom. The van der Waals surface area contributed by atoms with Crippen LogP contribution in [0.1, 0.15) is 38.7 Å². The number of hydrogen-bond donors (Lipinski definition) is 0. The molecule has 1 nitrogen and oxygen atoms in total. The summed E-state index contributed by atoms with van der Waals surface area (Å²) in [6.45, 7) is 4.04. The van der Waals surface area contributed by atoms with Crippen LogP contribution in [-0.4, -0.2) is 5.78 Å². The first-order valence-corrected chi connectivity index (χ1v) is 5.92. The second-order valence-electron chi connectivity index (χ2n) is 4.94. The molecule has 16 heavy (non-hydrogen) atoms. The molecule has 0 amide bonds. The van der Waals surface area contributed by atoms with E-state index in [1.54, 1.807) is 0 Å². The van der Waals surface area contributed by atoms with E-state index in [2.05, 4.69) is 6.08 Å². The van der Waals surface area contributed by atoms with Gasteiger partial charge < -0.3 is 0 Å². The third-order valence-corrected chi connectivity index (χ3v) is 3.40. The first kappa shape index (κ1) is 11.1. The molecular weight excluding hydrogens is 196 g/mol. The zero-order chi connectivity index (χ0) is 11.6. The summed E-state index contributed by atoms with van der Waals surface area (Å²) in [6.07, 6.45) is 5.25. The van der Waals surface area contributed by atoms with Gasteiger partial charge >= 0.3 is 0 Å². The number of benzene rings is 1. The standard InChI is InChI=1S/C15H18O/c1-15(2,13-10-4-3-5-11-13)14(16)12-8-6-7-9-12/h3-5,8,10-11H,6-7,9H2,1-2H3. The summed E-state index contributed by atoms with van der Waals surface area (Å²) in [5, 5.41) is 0. The smallest absolute Gasteiger partial charge is 0.168 e. The van der Waals surface area contributed by atoms with Gasteiger partial charge in [0.1, 0.15) is 0 Å². The predicted octanol–water partition coefficient (Wildman–Crippen LogP) is 3.64. The van der Waals surface area contributed by atoms with E-state index in [-0.39, 0.29) is 5.78 Å². The molecule has 84 valence electrons. The van der Waals surface area contributed by atoms with Gasteiger partial charge in [0, 0.05) is 0 Å². The van der Waals surface area contributed by atoms with Crippen LogP contribution in [0.4, 0.5) is 0 Å². The number of carbonyl (C=O) groups is 1. The van der Waals surface area contributed by atoms with Crippen LogP contribution in [0, 0.1) is 0 Å². The fraction of sp³-hybridized carbons (Fsp3) is 0.400. The van der Waals surface area contributed by atoms with Crippen LogP contribution in [0.3, 0.4) is 0 Å². The number of allylic oxidation sites excluding steroid dienone is 2. The Hall–Kier alpha value is -1.37. The molecule has 0 saturated heterocycles. The van der Waals surface area contributed by atoms with Gasteiger partial charge in [0.15, 0.2) is 5.78 Å². The molecule has 0 unspecified atom stereocenters. The number of Topliss-reactive ketones (excluding diaryl/α,β-unsaturated/α-hetero) is 1. The summed E-state index contributed by atoms with van der Waals surface area (Å²) < 4.78 is 0. The van der Waals surface area contributed by atoms with Crippen molar-refractivity contribution in [2.45, 2.75) is 38.5 Å². The summed E-state index contributed by atoms with van der Waals surface area (Å²) in [5.74, 6) is 0.288. The van der Waals surface area contributed by atoms with Crippen molar-refractivity contribution in [1.82, 2.24) is 0 Å². The van der Waals surface area contributed by atoms with Gasteiger partial charge in [0.2, 0.25) is 0 Å². The Labute approximate surface area is 97.2 Å². The van der Waals surface area contributed by atoms with Gasteiger partial charge in [-0.2, -0.15) is 0 Å². The Morgan fingerprint density at radius 2 is 1.88 bits per heavy atom. The maximum absolute atomic E-state index is 12.4. The first-order valence-electron chi connectivity index (χ1n) is 5.92. The predicted molar refractivity (Wildman–Crippen MR) is 66.4 cm³/mol. The van der Waals surface area contributed by atoms with E-state index < -0.39 is 5.41 Å². The Bertz CT molecular complexity index is 412. The highest BCUT2D eigenvalue weighted by Gasteiger charge is 2.32. The summed E-state index contributed by atoms with van der Waals surface area (Å²) >= 11 is 0. The molecule has 0 spiro atoms. The van der Waals surface area contributed by atoms with Gasteiger partial charge in [-0.15, -0.1) is 0 Å². The van der Waals surface area contributed by atoms with Crippen molar-refractivity contribution < 1.29 is 4.79 Å². The molecule has 0 saturated carbocycles. The molecule has 0 aromatic heterocycles. The van der Waals surface area contributed by atoms with Crippen LogP contribution in [0.25, 0.3) is 0 Å². The van der Waals surface area contributed by atoms with Gasteiger partial charge in [-0.05, 0) is 44.2 Å². The second kappa shape index (κ2) is 4.25. The van der Waals surface area contributed by atoms with Crippen molar-refractivity contribution in [2.75, 3.05) is 0 Å². The monoisotopic (exact) mass is 214 g/mol. The molecule has 1 aliphatic carbocycles. The zero-order valence-corrected chi connectivity index (χ0v) is 9.99. The van der Waals surface area contributed by atoms with E-state index in [0.717, 1.165) is 30.4 Å². The molecule has 1 heteroatoms. The molecule has 0 N–H and O–H groups in total. The van der Waals surface area contributed by atoms with Gasteiger partial charge in [-0.3, -0.25) is 4.79 Å². The molecular formula is C15H18O. The van der Waals surface area contributed by atoms with Crippen LogP contribution < -0.4 is 0 Å². The van der Waals surface area contributed by atoms with Gasteiger partial charge in [-0.1, -0.05) is 36.4 Å². The van der Waals surface area contributed by atoms with E-state index in [0.29, 0.717) is 0 Å². The lowest BCUT2D eigenvalue weighted by atomic mass is 9.78. The maximum Gasteiger partial charge on any atom is 0.168 e. The van der Waals surface area contributed by atoms with E-state index in [4.69, 9.17) is 0 Å². The van der Waals surface area contributed by atoms with Crippen LogP contribution >= 0.6 is 0 Å². The number of carbonyl (C=O) groups excluding carboxylic acids is 1. The third-order valence-electron chi connectivity index (χ3n) is 3.40. The first-order chi connectivity index (χ1) is 7.62. The molecule has 0 heterocycles. The average molecular weight is 214 g/mol. The van der Waals surface area contributed by atoms with Crippen LogP contribution in [0.15, 0.2) is 42.0 Å². The van der Waals surface area contributed by atoms with Gasteiger partial charge in [-0.25, -0.2) is 0 Å². The topological polar surface area (TPSA) is 17.1 Å². The highest BCUT2D eigenvalue weighted by molar-refractivity contribution is 6.03. The van der Waals surface area contributed by atoms with Crippen LogP contribution in [0.2, 0.25) is 0 Å². The summed E-state index contributed by atoms with van der Waals surface area (Å²) in [4.78, 5) is 12.4. The molecule has 0 bridgehead atoms. The van der Waals surface area contributed by atoms with E-state index in [1.165, 1.54) is 0 Å². The minimum absolute atomic E-state index is 0.288. The van der Waals surface area contributed by atoms with Crippen molar-refractivity contribution in [3.8, 4) is 0 Å². The summed E-state index contributed by atoms with van der Waals surface area (Å²) in [6, 6.07) is 10.0. The minimum atomic E-state index is -0.391. The van der Waals surface area contributed by atoms with Crippen molar-refractivity contribution in [2.24, 2.45) is 0 Å². The molecule has 1 aromatic carbocycles. The fourth-order valence-electron chi connectivity index (χ4n) is 2.26. The SMILES string of the molecule is CC(C)(C(=O)C1=CCCC1)c1ccccc1. The normalized spacial score (nSPS) is 16.0. The van der Waals surface area contributed by atoms with Crippen molar-refractivity contribution in [3.63, 3.8) is 0 Å². The highest BCUT2D eigenvalue weighted by Crippen LogP contribution is 2.31. The molecule has 1 aromatic rings. The number of ketones is 1. The Kier molecular flexibility index (Phi) is 2.95. The van der Waals surface area contributed by atoms with Crippen LogP contribution in [-0.2, 0) is 10.2 Å². The second-order valence-corrected chi connectivity index (χ2v) is 4.94. The lowest BCUT2D eigenvalue weighted by molar-refractivity contribution is -0.119. The Balaban J connectivity index is 2.28. The largest absolute Gasteiger partial charge is 0.294 e. The molecule has 0 aliphatic heterocycles. The summed E-state index contributed by atoms with van der Waals surface area (Å²) in [7, 11) is 0. The molecule has 2 rings (SSSR count).